The van der Waals surface area contributed by atoms with E-state index in [0.717, 1.165) is 6.42 Å². The summed E-state index contributed by atoms with van der Waals surface area (Å²) >= 11 is 5.80. The summed E-state index contributed by atoms with van der Waals surface area (Å²) in [6, 6.07) is 6.58. The van der Waals surface area contributed by atoms with Crippen LogP contribution < -0.4 is 10.3 Å². The van der Waals surface area contributed by atoms with Crippen LogP contribution in [0.5, 0.6) is 5.75 Å². The second-order valence-electron chi connectivity index (χ2n) is 5.98. The van der Waals surface area contributed by atoms with E-state index < -0.39 is 17.4 Å². The number of carboxylic acid groups (broad SMARTS) is 1. The van der Waals surface area contributed by atoms with Crippen LogP contribution in [0.1, 0.15) is 33.1 Å². The number of hydrogen-bond acceptors (Lipinski definition) is 4. The molecule has 1 aliphatic rings. The molecule has 0 bridgehead atoms. The largest absolute Gasteiger partial charge is 0.480 e. The number of aliphatic carboxylic acids is 1. The minimum Gasteiger partial charge on any atom is -0.480 e. The molecular formula is C16H20ClNO4. The Hall–Kier alpha value is -1.59. The summed E-state index contributed by atoms with van der Waals surface area (Å²) in [6.45, 7) is 3.46. The Morgan fingerprint density at radius 1 is 1.36 bits per heavy atom. The van der Waals surface area contributed by atoms with Crippen molar-refractivity contribution in [2.45, 2.75) is 38.6 Å². The number of ketones is 1. The van der Waals surface area contributed by atoms with Gasteiger partial charge in [0.25, 0.3) is 0 Å². The lowest BCUT2D eigenvalue weighted by Crippen LogP contribution is -2.62. The van der Waals surface area contributed by atoms with Gasteiger partial charge in [-0.3, -0.25) is 9.59 Å². The predicted octanol–water partition coefficient (Wildman–Crippen LogP) is 3.07. The molecule has 1 aromatic carbocycles. The number of carboxylic acids is 1. The molecule has 1 aromatic rings. The van der Waals surface area contributed by atoms with Crippen LogP contribution in [0.4, 0.5) is 0 Å². The quantitative estimate of drug-likeness (QED) is 0.814. The Balaban J connectivity index is 2.21. The van der Waals surface area contributed by atoms with Crippen molar-refractivity contribution in [3.63, 3.8) is 0 Å². The van der Waals surface area contributed by atoms with E-state index in [0.29, 0.717) is 29.5 Å². The van der Waals surface area contributed by atoms with E-state index in [-0.39, 0.29) is 5.78 Å². The predicted molar refractivity (Wildman–Crippen MR) is 82.8 cm³/mol. The molecule has 0 saturated heterocycles. The fraction of sp³-hybridized carbons (Fsp3) is 0.500. The fourth-order valence-electron chi connectivity index (χ4n) is 2.96. The minimum absolute atomic E-state index is 0.138. The van der Waals surface area contributed by atoms with E-state index in [9.17, 15) is 14.7 Å². The van der Waals surface area contributed by atoms with Gasteiger partial charge in [-0.1, -0.05) is 18.5 Å². The van der Waals surface area contributed by atoms with Crippen molar-refractivity contribution in [1.29, 1.82) is 0 Å². The molecule has 1 aliphatic carbocycles. The number of rotatable bonds is 5. The molecule has 120 valence electrons. The van der Waals surface area contributed by atoms with Crippen LogP contribution in [-0.4, -0.2) is 22.4 Å². The molecule has 1 saturated carbocycles. The van der Waals surface area contributed by atoms with Crippen molar-refractivity contribution in [2.24, 2.45) is 11.8 Å². The summed E-state index contributed by atoms with van der Waals surface area (Å²) < 4.78 is 0. The lowest BCUT2D eigenvalue weighted by atomic mass is 9.68. The summed E-state index contributed by atoms with van der Waals surface area (Å²) in [5, 5.41) is 10.3. The van der Waals surface area contributed by atoms with E-state index in [1.165, 1.54) is 6.92 Å². The molecule has 3 unspecified atom stereocenters. The van der Waals surface area contributed by atoms with Crippen molar-refractivity contribution >= 4 is 23.4 Å². The number of nitrogens with one attached hydrogen (secondary N) is 1. The van der Waals surface area contributed by atoms with E-state index in [2.05, 4.69) is 5.48 Å². The highest BCUT2D eigenvalue weighted by Gasteiger charge is 2.52. The lowest BCUT2D eigenvalue weighted by Gasteiger charge is -2.41. The molecule has 0 radical (unpaired) electrons. The van der Waals surface area contributed by atoms with Gasteiger partial charge in [0, 0.05) is 10.9 Å². The van der Waals surface area contributed by atoms with Crippen molar-refractivity contribution in [1.82, 2.24) is 5.48 Å². The highest BCUT2D eigenvalue weighted by molar-refractivity contribution is 6.30. The van der Waals surface area contributed by atoms with Gasteiger partial charge < -0.3 is 9.94 Å². The molecular weight excluding hydrogens is 306 g/mol. The zero-order valence-electron chi connectivity index (χ0n) is 12.6. The van der Waals surface area contributed by atoms with E-state index >= 15 is 0 Å². The number of benzene rings is 1. The number of hydroxylamine groups is 1. The molecule has 0 amide bonds. The zero-order valence-corrected chi connectivity index (χ0v) is 13.4. The van der Waals surface area contributed by atoms with Gasteiger partial charge in [0.05, 0.1) is 0 Å². The van der Waals surface area contributed by atoms with Crippen molar-refractivity contribution in [3.8, 4) is 5.75 Å². The zero-order chi connectivity index (χ0) is 16.3. The highest BCUT2D eigenvalue weighted by atomic mass is 35.5. The normalized spacial score (nSPS) is 28.1. The lowest BCUT2D eigenvalue weighted by molar-refractivity contribution is -0.159. The third-order valence-electron chi connectivity index (χ3n) is 4.30. The van der Waals surface area contributed by atoms with Crippen molar-refractivity contribution < 1.29 is 19.5 Å². The summed E-state index contributed by atoms with van der Waals surface area (Å²) in [5.41, 5.74) is 1.27. The van der Waals surface area contributed by atoms with Crippen LogP contribution in [0, 0.1) is 11.8 Å². The van der Waals surface area contributed by atoms with Crippen LogP contribution in [0.2, 0.25) is 5.02 Å². The Kier molecular flexibility index (Phi) is 5.08. The van der Waals surface area contributed by atoms with E-state index in [4.69, 9.17) is 16.4 Å². The molecule has 2 rings (SSSR count). The maximum atomic E-state index is 11.9. The van der Waals surface area contributed by atoms with Crippen molar-refractivity contribution in [2.75, 3.05) is 0 Å². The molecule has 6 heteroatoms. The summed E-state index contributed by atoms with van der Waals surface area (Å²) in [5.74, 6) is -1.04. The van der Waals surface area contributed by atoms with Gasteiger partial charge in [-0.25, -0.2) is 0 Å². The first kappa shape index (κ1) is 16.8. The fourth-order valence-corrected chi connectivity index (χ4v) is 3.08. The third-order valence-corrected chi connectivity index (χ3v) is 4.55. The maximum Gasteiger partial charge on any atom is 0.328 e. The van der Waals surface area contributed by atoms with Crippen LogP contribution in [0.25, 0.3) is 0 Å². The Morgan fingerprint density at radius 2 is 2.00 bits per heavy atom. The Labute approximate surface area is 134 Å². The summed E-state index contributed by atoms with van der Waals surface area (Å²) in [7, 11) is 0. The Morgan fingerprint density at radius 3 is 2.55 bits per heavy atom. The number of hydrogen-bond donors (Lipinski definition) is 2. The molecule has 0 spiro atoms. The number of carbonyl (C=O) groups excluding carboxylic acids is 1. The number of halogens is 1. The van der Waals surface area contributed by atoms with E-state index in [1.54, 1.807) is 24.3 Å². The molecule has 2 N–H and O–H groups in total. The van der Waals surface area contributed by atoms with Gasteiger partial charge >= 0.3 is 5.97 Å². The third kappa shape index (κ3) is 3.42. The first-order chi connectivity index (χ1) is 10.3. The standard InChI is InChI=1S/C16H20ClNO4/c1-10-7-8-16(15(20)21,14(9-10)11(2)19)18-22-13-5-3-12(17)4-6-13/h3-6,10,14,18H,7-9H2,1-2H3,(H,20,21). The van der Waals surface area contributed by atoms with Gasteiger partial charge in [0.15, 0.2) is 5.54 Å². The second kappa shape index (κ2) is 6.67. The first-order valence-electron chi connectivity index (χ1n) is 7.28. The molecule has 0 aromatic heterocycles. The molecule has 3 atom stereocenters. The molecule has 0 heterocycles. The smallest absolute Gasteiger partial charge is 0.328 e. The van der Waals surface area contributed by atoms with Gasteiger partial charge in [-0.2, -0.15) is 0 Å². The van der Waals surface area contributed by atoms with E-state index in [1.807, 2.05) is 6.92 Å². The number of Topliss-reactive ketones (excluding diaryl/α,β-unsaturated/α-hetero) is 1. The monoisotopic (exact) mass is 325 g/mol. The minimum atomic E-state index is -1.39. The van der Waals surface area contributed by atoms with Gasteiger partial charge in [0.2, 0.25) is 0 Å². The average Bonchev–Trinajstić information content (AvgIpc) is 2.47. The van der Waals surface area contributed by atoms with Gasteiger partial charge in [-0.05, 0) is 56.4 Å². The van der Waals surface area contributed by atoms with Crippen LogP contribution in [-0.2, 0) is 9.59 Å². The molecule has 1 fully saturated rings. The topological polar surface area (TPSA) is 75.6 Å². The van der Waals surface area contributed by atoms with Crippen LogP contribution >= 0.6 is 11.6 Å². The van der Waals surface area contributed by atoms with Gasteiger partial charge in [0.1, 0.15) is 11.5 Å². The Bertz CT molecular complexity index is 560. The van der Waals surface area contributed by atoms with Crippen LogP contribution in [0.15, 0.2) is 24.3 Å². The maximum absolute atomic E-state index is 11.9. The average molecular weight is 326 g/mol. The molecule has 0 aliphatic heterocycles. The number of carbonyl (C=O) groups is 2. The molecule has 5 nitrogen and oxygen atoms in total. The first-order valence-corrected chi connectivity index (χ1v) is 7.66. The SMILES string of the molecule is CC(=O)C1CC(C)CCC1(NOc1ccc(Cl)cc1)C(=O)O. The van der Waals surface area contributed by atoms with Gasteiger partial charge in [-0.15, -0.1) is 5.48 Å². The van der Waals surface area contributed by atoms with Crippen molar-refractivity contribution in [3.05, 3.63) is 29.3 Å². The summed E-state index contributed by atoms with van der Waals surface area (Å²) in [4.78, 5) is 29.2. The highest BCUT2D eigenvalue weighted by Crippen LogP contribution is 2.38. The van der Waals surface area contributed by atoms with Crippen LogP contribution in [0.3, 0.4) is 0 Å². The summed E-state index contributed by atoms with van der Waals surface area (Å²) in [6.07, 6.45) is 1.62. The molecule has 22 heavy (non-hydrogen) atoms. The second-order valence-corrected chi connectivity index (χ2v) is 6.41.